The van der Waals surface area contributed by atoms with E-state index in [0.717, 1.165) is 0 Å². The van der Waals surface area contributed by atoms with Crippen LogP contribution in [0.25, 0.3) is 11.0 Å². The first-order chi connectivity index (χ1) is 15.3. The van der Waals surface area contributed by atoms with Crippen molar-refractivity contribution in [2.45, 2.75) is 26.3 Å². The number of aryl methyl sites for hydroxylation is 1. The van der Waals surface area contributed by atoms with Crippen molar-refractivity contribution in [2.24, 2.45) is 5.73 Å². The first-order valence-corrected chi connectivity index (χ1v) is 9.95. The van der Waals surface area contributed by atoms with Crippen molar-refractivity contribution < 1.29 is 14.4 Å². The summed E-state index contributed by atoms with van der Waals surface area (Å²) in [4.78, 5) is 41.9. The van der Waals surface area contributed by atoms with Gasteiger partial charge in [0.2, 0.25) is 17.8 Å². The molecular weight excluding hydrogens is 410 g/mol. The van der Waals surface area contributed by atoms with Crippen LogP contribution in [0.1, 0.15) is 25.3 Å². The van der Waals surface area contributed by atoms with Crippen molar-refractivity contribution in [1.82, 2.24) is 9.55 Å². The lowest BCUT2D eigenvalue weighted by Crippen LogP contribution is -2.24. The first kappa shape index (κ1) is 22.3. The van der Waals surface area contributed by atoms with Gasteiger partial charge in [-0.2, -0.15) is 5.26 Å². The Morgan fingerprint density at radius 1 is 1.16 bits per heavy atom. The molecule has 0 bridgehead atoms. The minimum absolute atomic E-state index is 0.0438. The molecule has 4 amide bonds. The van der Waals surface area contributed by atoms with E-state index >= 15 is 0 Å². The minimum Gasteiger partial charge on any atom is -0.370 e. The van der Waals surface area contributed by atoms with E-state index < -0.39 is 11.9 Å². The number of benzene rings is 2. The number of nitrogens with one attached hydrogen (secondary N) is 2. The number of hydrogen-bond donors (Lipinski definition) is 3. The van der Waals surface area contributed by atoms with Gasteiger partial charge in [-0.05, 0) is 42.5 Å². The summed E-state index contributed by atoms with van der Waals surface area (Å²) in [6.45, 7) is 2.01. The zero-order valence-electron chi connectivity index (χ0n) is 17.8. The molecule has 0 aliphatic rings. The lowest BCUT2D eigenvalue weighted by Gasteiger charge is -2.16. The average Bonchev–Trinajstić information content (AvgIpc) is 3.12. The second kappa shape index (κ2) is 9.61. The number of rotatable bonds is 7. The Morgan fingerprint density at radius 3 is 2.50 bits per heavy atom. The van der Waals surface area contributed by atoms with E-state index in [1.807, 2.05) is 6.07 Å². The highest BCUT2D eigenvalue weighted by Gasteiger charge is 2.16. The van der Waals surface area contributed by atoms with Crippen molar-refractivity contribution in [2.75, 3.05) is 22.6 Å². The molecular formula is C22H23N7O3. The van der Waals surface area contributed by atoms with Crippen LogP contribution in [0.5, 0.6) is 0 Å². The Labute approximate surface area is 184 Å². The Balaban J connectivity index is 1.89. The van der Waals surface area contributed by atoms with Crippen LogP contribution in [-0.4, -0.2) is 34.4 Å². The summed E-state index contributed by atoms with van der Waals surface area (Å²) in [6, 6.07) is 13.2. The van der Waals surface area contributed by atoms with Crippen molar-refractivity contribution >= 4 is 46.2 Å². The van der Waals surface area contributed by atoms with Crippen molar-refractivity contribution in [1.29, 1.82) is 5.26 Å². The standard InChI is InChI=1S/C22H23N7O3/c1-3-20(31)28(2)16-8-9-18-17(12-16)26-21(29(18)11-10-19(24)30)27-22(32)25-15-6-4-14(13-23)5-7-15/h4-9,12H,3,10-11H2,1-2H3,(H2,24,30)(H2,25,26,27,32). The van der Waals surface area contributed by atoms with Crippen LogP contribution in [0.3, 0.4) is 0 Å². The van der Waals surface area contributed by atoms with Crippen LogP contribution in [0.2, 0.25) is 0 Å². The summed E-state index contributed by atoms with van der Waals surface area (Å²) < 4.78 is 1.68. The van der Waals surface area contributed by atoms with Gasteiger partial charge in [-0.15, -0.1) is 0 Å². The minimum atomic E-state index is -0.538. The number of carbonyl (C=O) groups excluding carboxylic acids is 3. The Hall–Kier alpha value is -4.39. The maximum atomic E-state index is 12.5. The third-order valence-electron chi connectivity index (χ3n) is 4.87. The molecule has 0 fully saturated rings. The zero-order valence-corrected chi connectivity index (χ0v) is 17.8. The molecule has 4 N–H and O–H groups in total. The summed E-state index contributed by atoms with van der Waals surface area (Å²) in [7, 11) is 1.68. The normalized spacial score (nSPS) is 10.4. The number of urea groups is 1. The maximum absolute atomic E-state index is 12.5. The highest BCUT2D eigenvalue weighted by Crippen LogP contribution is 2.25. The maximum Gasteiger partial charge on any atom is 0.326 e. The molecule has 3 aromatic rings. The molecule has 0 radical (unpaired) electrons. The molecule has 0 atom stereocenters. The summed E-state index contributed by atoms with van der Waals surface area (Å²) >= 11 is 0. The van der Waals surface area contributed by atoms with E-state index in [2.05, 4.69) is 15.6 Å². The molecule has 1 heterocycles. The molecule has 32 heavy (non-hydrogen) atoms. The van der Waals surface area contributed by atoms with Crippen molar-refractivity contribution in [3.63, 3.8) is 0 Å². The van der Waals surface area contributed by atoms with Crippen LogP contribution >= 0.6 is 0 Å². The fourth-order valence-electron chi connectivity index (χ4n) is 3.14. The molecule has 0 saturated carbocycles. The third kappa shape index (κ3) is 5.02. The van der Waals surface area contributed by atoms with Crippen LogP contribution in [0, 0.1) is 11.3 Å². The smallest absolute Gasteiger partial charge is 0.326 e. The predicted molar refractivity (Wildman–Crippen MR) is 121 cm³/mol. The van der Waals surface area contributed by atoms with E-state index in [9.17, 15) is 14.4 Å². The number of amides is 4. The van der Waals surface area contributed by atoms with Crippen molar-refractivity contribution in [3.05, 3.63) is 48.0 Å². The first-order valence-electron chi connectivity index (χ1n) is 9.95. The Bertz CT molecular complexity index is 1210. The number of imidazole rings is 1. The SMILES string of the molecule is CCC(=O)N(C)c1ccc2c(c1)nc(NC(=O)Nc1ccc(C#N)cc1)n2CCC(N)=O. The van der Waals surface area contributed by atoms with Crippen LogP contribution in [-0.2, 0) is 16.1 Å². The van der Waals surface area contributed by atoms with Gasteiger partial charge in [-0.1, -0.05) is 6.92 Å². The zero-order chi connectivity index (χ0) is 23.3. The Morgan fingerprint density at radius 2 is 1.88 bits per heavy atom. The molecule has 0 saturated heterocycles. The average molecular weight is 433 g/mol. The third-order valence-corrected chi connectivity index (χ3v) is 4.87. The molecule has 0 spiro atoms. The largest absolute Gasteiger partial charge is 0.370 e. The van der Waals surface area contributed by atoms with E-state index in [-0.39, 0.29) is 24.8 Å². The summed E-state index contributed by atoms with van der Waals surface area (Å²) in [5, 5.41) is 14.2. The molecule has 1 aromatic heterocycles. The number of nitrogens with two attached hydrogens (primary N) is 1. The number of aromatic nitrogens is 2. The van der Waals surface area contributed by atoms with E-state index in [0.29, 0.717) is 34.4 Å². The quantitative estimate of drug-likeness (QED) is 0.524. The van der Waals surface area contributed by atoms with Crippen molar-refractivity contribution in [3.8, 4) is 6.07 Å². The Kier molecular flexibility index (Phi) is 6.70. The second-order valence-electron chi connectivity index (χ2n) is 7.05. The van der Waals surface area contributed by atoms with Gasteiger partial charge in [0.05, 0.1) is 22.7 Å². The van der Waals surface area contributed by atoms with Gasteiger partial charge in [-0.3, -0.25) is 14.9 Å². The molecule has 3 rings (SSSR count). The van der Waals surface area contributed by atoms with Crippen LogP contribution in [0.15, 0.2) is 42.5 Å². The fraction of sp³-hybridized carbons (Fsp3) is 0.227. The van der Waals surface area contributed by atoms with E-state index in [1.165, 1.54) is 4.90 Å². The number of fused-ring (bicyclic) bond motifs is 1. The lowest BCUT2D eigenvalue weighted by molar-refractivity contribution is -0.118. The highest BCUT2D eigenvalue weighted by molar-refractivity contribution is 6.00. The van der Waals surface area contributed by atoms with Gasteiger partial charge in [0.1, 0.15) is 0 Å². The van der Waals surface area contributed by atoms with Crippen LogP contribution in [0.4, 0.5) is 22.1 Å². The van der Waals surface area contributed by atoms with Gasteiger partial charge in [-0.25, -0.2) is 9.78 Å². The van der Waals surface area contributed by atoms with Gasteiger partial charge < -0.3 is 20.5 Å². The second-order valence-corrected chi connectivity index (χ2v) is 7.05. The molecule has 0 aliphatic carbocycles. The number of hydrogen-bond acceptors (Lipinski definition) is 5. The molecule has 164 valence electrons. The van der Waals surface area contributed by atoms with Gasteiger partial charge in [0, 0.05) is 37.8 Å². The summed E-state index contributed by atoms with van der Waals surface area (Å²) in [5.74, 6) is -0.295. The topological polar surface area (TPSA) is 146 Å². The van der Waals surface area contributed by atoms with E-state index in [1.54, 1.807) is 61.0 Å². The predicted octanol–water partition coefficient (Wildman–Crippen LogP) is 2.80. The van der Waals surface area contributed by atoms with Gasteiger partial charge in [0.25, 0.3) is 0 Å². The lowest BCUT2D eigenvalue weighted by atomic mass is 10.2. The molecule has 10 heteroatoms. The van der Waals surface area contributed by atoms with Gasteiger partial charge in [0.15, 0.2) is 0 Å². The number of nitrogens with zero attached hydrogens (tertiary/aromatic N) is 4. The molecule has 10 nitrogen and oxygen atoms in total. The van der Waals surface area contributed by atoms with Gasteiger partial charge >= 0.3 is 6.03 Å². The molecule has 2 aromatic carbocycles. The molecule has 0 unspecified atom stereocenters. The highest BCUT2D eigenvalue weighted by atomic mass is 16.2. The summed E-state index contributed by atoms with van der Waals surface area (Å²) in [6.07, 6.45) is 0.428. The molecule has 0 aliphatic heterocycles. The number of primary amides is 1. The monoisotopic (exact) mass is 433 g/mol. The number of nitriles is 1. The number of carbonyl (C=O) groups is 3. The fourth-order valence-corrected chi connectivity index (χ4v) is 3.14. The van der Waals surface area contributed by atoms with E-state index in [4.69, 9.17) is 11.0 Å². The van der Waals surface area contributed by atoms with Crippen LogP contribution < -0.4 is 21.3 Å². The number of anilines is 3. The summed E-state index contributed by atoms with van der Waals surface area (Å²) in [5.41, 5.74) is 8.18.